The van der Waals surface area contributed by atoms with Crippen molar-refractivity contribution in [3.8, 4) is 0 Å². The van der Waals surface area contributed by atoms with Gasteiger partial charge in [-0.3, -0.25) is 4.79 Å². The average molecular weight is 424 g/mol. The number of halogens is 2. The lowest BCUT2D eigenvalue weighted by Crippen LogP contribution is -2.20. The Morgan fingerprint density at radius 1 is 0.862 bits per heavy atom. The highest BCUT2D eigenvalue weighted by Gasteiger charge is 2.28. The first-order valence-electron chi connectivity index (χ1n) is 8.86. The molecule has 0 spiro atoms. The van der Waals surface area contributed by atoms with E-state index in [0.29, 0.717) is 16.1 Å². The summed E-state index contributed by atoms with van der Waals surface area (Å²) in [5.74, 6) is -0.979. The molecule has 0 radical (unpaired) electrons. The predicted molar refractivity (Wildman–Crippen MR) is 114 cm³/mol. The molecule has 0 aliphatic carbocycles. The molecule has 1 N–H and O–H groups in total. The third-order valence-corrected chi connectivity index (χ3v) is 5.31. The molecule has 1 aromatic heterocycles. The number of ketones is 1. The van der Waals surface area contributed by atoms with Gasteiger partial charge < -0.3 is 9.72 Å². The Kier molecular flexibility index (Phi) is 5.38. The van der Waals surface area contributed by atoms with E-state index >= 15 is 0 Å². The Balaban J connectivity index is 1.71. The molecule has 29 heavy (non-hydrogen) atoms. The highest BCUT2D eigenvalue weighted by atomic mass is 35.5. The van der Waals surface area contributed by atoms with Crippen molar-refractivity contribution in [2.45, 2.75) is 6.10 Å². The van der Waals surface area contributed by atoms with E-state index in [1.54, 1.807) is 30.5 Å². The van der Waals surface area contributed by atoms with Crippen molar-refractivity contribution >= 4 is 45.9 Å². The van der Waals surface area contributed by atoms with Crippen LogP contribution in [0.3, 0.4) is 0 Å². The van der Waals surface area contributed by atoms with Gasteiger partial charge in [0.25, 0.3) is 0 Å². The van der Waals surface area contributed by atoms with E-state index in [-0.39, 0.29) is 16.4 Å². The molecule has 0 amide bonds. The minimum atomic E-state index is -1.10. The molecule has 0 aliphatic rings. The number of nitrogens with one attached hydrogen (secondary N) is 1. The van der Waals surface area contributed by atoms with Gasteiger partial charge in [-0.1, -0.05) is 71.7 Å². The molecule has 6 heteroatoms. The number of rotatable bonds is 5. The van der Waals surface area contributed by atoms with E-state index in [4.69, 9.17) is 27.9 Å². The van der Waals surface area contributed by atoms with Gasteiger partial charge in [0.2, 0.25) is 5.78 Å². The van der Waals surface area contributed by atoms with Crippen LogP contribution >= 0.6 is 23.2 Å². The minimum Gasteiger partial charge on any atom is -0.445 e. The van der Waals surface area contributed by atoms with Crippen molar-refractivity contribution in [2.24, 2.45) is 0 Å². The van der Waals surface area contributed by atoms with E-state index in [2.05, 4.69) is 4.98 Å². The number of ether oxygens (including phenoxy) is 1. The number of carbonyl (C=O) groups excluding carboxylic acids is 2. The third-order valence-electron chi connectivity index (χ3n) is 4.58. The second-order valence-electron chi connectivity index (χ2n) is 6.44. The lowest BCUT2D eigenvalue weighted by Gasteiger charge is -2.17. The number of hydrogen-bond donors (Lipinski definition) is 1. The fourth-order valence-electron chi connectivity index (χ4n) is 3.12. The van der Waals surface area contributed by atoms with Gasteiger partial charge >= 0.3 is 5.97 Å². The summed E-state index contributed by atoms with van der Waals surface area (Å²) in [6, 6.07) is 20.8. The first-order valence-corrected chi connectivity index (χ1v) is 9.61. The van der Waals surface area contributed by atoms with Crippen LogP contribution in [0.25, 0.3) is 10.9 Å². The van der Waals surface area contributed by atoms with Crippen LogP contribution in [-0.4, -0.2) is 16.7 Å². The van der Waals surface area contributed by atoms with Crippen LogP contribution in [0.1, 0.15) is 32.4 Å². The molecule has 1 heterocycles. The van der Waals surface area contributed by atoms with Gasteiger partial charge in [0.1, 0.15) is 0 Å². The molecule has 3 aromatic carbocycles. The Morgan fingerprint density at radius 2 is 1.59 bits per heavy atom. The summed E-state index contributed by atoms with van der Waals surface area (Å²) in [6.07, 6.45) is 0.535. The van der Waals surface area contributed by atoms with Crippen LogP contribution in [0.5, 0.6) is 0 Å². The van der Waals surface area contributed by atoms with Crippen molar-refractivity contribution in [1.82, 2.24) is 4.98 Å². The highest BCUT2D eigenvalue weighted by Crippen LogP contribution is 2.29. The number of para-hydroxylation sites is 1. The predicted octanol–water partition coefficient (Wildman–Crippen LogP) is 6.26. The lowest BCUT2D eigenvalue weighted by atomic mass is 9.99. The Hall–Kier alpha value is -3.08. The summed E-state index contributed by atoms with van der Waals surface area (Å²) >= 11 is 11.9. The van der Waals surface area contributed by atoms with Gasteiger partial charge in [-0.15, -0.1) is 0 Å². The van der Waals surface area contributed by atoms with Gasteiger partial charge in [0, 0.05) is 28.2 Å². The van der Waals surface area contributed by atoms with E-state index < -0.39 is 12.1 Å². The second kappa shape index (κ2) is 8.11. The maximum absolute atomic E-state index is 13.4. The number of aromatic nitrogens is 1. The molecule has 1 unspecified atom stereocenters. The lowest BCUT2D eigenvalue weighted by molar-refractivity contribution is 0.0280. The zero-order valence-corrected chi connectivity index (χ0v) is 16.6. The van der Waals surface area contributed by atoms with Gasteiger partial charge in [-0.25, -0.2) is 4.79 Å². The van der Waals surface area contributed by atoms with Gasteiger partial charge in [0.05, 0.1) is 15.6 Å². The molecule has 4 aromatic rings. The number of aromatic amines is 1. The molecule has 0 saturated carbocycles. The molecule has 0 fully saturated rings. The maximum Gasteiger partial charge on any atom is 0.339 e. The number of fused-ring (bicyclic) bond motifs is 1. The molecule has 1 atom stereocenters. The molecular formula is C23H15Cl2NO3. The number of H-pyrrole nitrogens is 1. The SMILES string of the molecule is O=C(OC(C(=O)c1c[nH]c2ccccc12)c1ccccc1)c1ccc(Cl)c(Cl)c1. The Morgan fingerprint density at radius 3 is 2.34 bits per heavy atom. The molecule has 4 nitrogen and oxygen atoms in total. The minimum absolute atomic E-state index is 0.215. The van der Waals surface area contributed by atoms with Gasteiger partial charge in [-0.05, 0) is 24.3 Å². The molecule has 144 valence electrons. The topological polar surface area (TPSA) is 59.2 Å². The van der Waals surface area contributed by atoms with Crippen molar-refractivity contribution in [3.63, 3.8) is 0 Å². The zero-order valence-electron chi connectivity index (χ0n) is 15.1. The maximum atomic E-state index is 13.4. The number of benzene rings is 3. The quantitative estimate of drug-likeness (QED) is 0.304. The molecule has 4 rings (SSSR count). The summed E-state index contributed by atoms with van der Waals surface area (Å²) in [5, 5.41) is 1.34. The number of Topliss-reactive ketones (excluding diaryl/α,β-unsaturated/α-hetero) is 1. The average Bonchev–Trinajstić information content (AvgIpc) is 3.18. The third kappa shape index (κ3) is 3.90. The summed E-state index contributed by atoms with van der Waals surface area (Å²) < 4.78 is 5.65. The van der Waals surface area contributed by atoms with E-state index in [9.17, 15) is 9.59 Å². The molecule has 0 aliphatic heterocycles. The summed E-state index contributed by atoms with van der Waals surface area (Å²) in [5.41, 5.74) is 2.08. The standard InChI is InChI=1S/C23H15Cl2NO3/c24-18-11-10-15(12-19(18)25)23(28)29-22(14-6-2-1-3-7-14)21(27)17-13-26-20-9-5-4-8-16(17)20/h1-13,22,26H. The Labute approximate surface area is 177 Å². The fourth-order valence-corrected chi connectivity index (χ4v) is 3.41. The molecule has 0 bridgehead atoms. The summed E-state index contributed by atoms with van der Waals surface area (Å²) in [6.45, 7) is 0. The fraction of sp³-hybridized carbons (Fsp3) is 0.0435. The monoisotopic (exact) mass is 423 g/mol. The second-order valence-corrected chi connectivity index (χ2v) is 7.25. The van der Waals surface area contributed by atoms with Crippen LogP contribution < -0.4 is 0 Å². The van der Waals surface area contributed by atoms with E-state index in [0.717, 1.165) is 10.9 Å². The van der Waals surface area contributed by atoms with Crippen LogP contribution in [-0.2, 0) is 4.74 Å². The van der Waals surface area contributed by atoms with Crippen molar-refractivity contribution in [2.75, 3.05) is 0 Å². The van der Waals surface area contributed by atoms with Crippen LogP contribution in [0.15, 0.2) is 79.0 Å². The van der Waals surface area contributed by atoms with E-state index in [1.165, 1.54) is 18.2 Å². The smallest absolute Gasteiger partial charge is 0.339 e. The summed E-state index contributed by atoms with van der Waals surface area (Å²) in [4.78, 5) is 29.2. The van der Waals surface area contributed by atoms with Crippen molar-refractivity contribution in [3.05, 3.63) is 106 Å². The number of hydrogen-bond acceptors (Lipinski definition) is 3. The number of esters is 1. The van der Waals surface area contributed by atoms with Gasteiger partial charge in [0.15, 0.2) is 6.10 Å². The first kappa shape index (κ1) is 19.2. The van der Waals surface area contributed by atoms with Crippen LogP contribution in [0.2, 0.25) is 10.0 Å². The highest BCUT2D eigenvalue weighted by molar-refractivity contribution is 6.42. The molecular weight excluding hydrogens is 409 g/mol. The Bertz CT molecular complexity index is 1200. The normalized spacial score (nSPS) is 11.9. The zero-order chi connectivity index (χ0) is 20.4. The van der Waals surface area contributed by atoms with Crippen molar-refractivity contribution < 1.29 is 14.3 Å². The largest absolute Gasteiger partial charge is 0.445 e. The van der Waals surface area contributed by atoms with Crippen molar-refractivity contribution in [1.29, 1.82) is 0 Å². The van der Waals surface area contributed by atoms with Gasteiger partial charge in [-0.2, -0.15) is 0 Å². The summed E-state index contributed by atoms with van der Waals surface area (Å²) in [7, 11) is 0. The van der Waals surface area contributed by atoms with E-state index in [1.807, 2.05) is 30.3 Å². The molecule has 0 saturated heterocycles. The number of carbonyl (C=O) groups is 2. The van der Waals surface area contributed by atoms with Crippen LogP contribution in [0.4, 0.5) is 0 Å². The van der Waals surface area contributed by atoms with Crippen LogP contribution in [0, 0.1) is 0 Å². The first-order chi connectivity index (χ1) is 14.0.